The lowest BCUT2D eigenvalue weighted by Crippen LogP contribution is -1.93. The predicted octanol–water partition coefficient (Wildman–Crippen LogP) is 5.83. The number of aromatic nitrogens is 1. The van der Waals surface area contributed by atoms with Gasteiger partial charge in [-0.25, -0.2) is 0 Å². The number of benzene rings is 1. The number of unbranched alkanes of at least 4 members (excludes halogenated alkanes) is 3. The van der Waals surface area contributed by atoms with E-state index in [0.29, 0.717) is 6.61 Å². The smallest absolute Gasteiger partial charge is 0.119 e. The van der Waals surface area contributed by atoms with E-state index in [0.717, 1.165) is 17.7 Å². The standard InChI is InChI=1S/C21H27NO/c1-3-5-7-8-9-20-13-10-19(17-22-20)18-11-14-21(15-12-18)23-16-6-4-2/h4,6,10-15,17H,3,5,7-9,16H2,1-2H3. The monoisotopic (exact) mass is 309 g/mol. The molecule has 0 bridgehead atoms. The van der Waals surface area contributed by atoms with Crippen molar-refractivity contribution in [3.63, 3.8) is 0 Å². The summed E-state index contributed by atoms with van der Waals surface area (Å²) >= 11 is 0. The van der Waals surface area contributed by atoms with Gasteiger partial charge in [0.1, 0.15) is 12.4 Å². The molecule has 0 saturated carbocycles. The number of pyridine rings is 1. The van der Waals surface area contributed by atoms with Crippen LogP contribution in [0.15, 0.2) is 54.7 Å². The summed E-state index contributed by atoms with van der Waals surface area (Å²) in [5, 5.41) is 0. The van der Waals surface area contributed by atoms with Crippen molar-refractivity contribution in [3.8, 4) is 16.9 Å². The van der Waals surface area contributed by atoms with E-state index < -0.39 is 0 Å². The van der Waals surface area contributed by atoms with Crippen molar-refractivity contribution in [2.45, 2.75) is 46.0 Å². The molecule has 2 aromatic rings. The summed E-state index contributed by atoms with van der Waals surface area (Å²) in [6.45, 7) is 4.85. The molecular weight excluding hydrogens is 282 g/mol. The third kappa shape index (κ3) is 5.90. The molecule has 0 N–H and O–H groups in total. The molecule has 0 atom stereocenters. The third-order valence-corrected chi connectivity index (χ3v) is 3.88. The Morgan fingerprint density at radius 2 is 1.74 bits per heavy atom. The van der Waals surface area contributed by atoms with Crippen LogP contribution >= 0.6 is 0 Å². The lowest BCUT2D eigenvalue weighted by Gasteiger charge is -2.06. The lowest BCUT2D eigenvalue weighted by molar-refractivity contribution is 0.363. The normalized spacial score (nSPS) is 11.0. The predicted molar refractivity (Wildman–Crippen MR) is 97.8 cm³/mol. The van der Waals surface area contributed by atoms with Crippen LogP contribution in [0.3, 0.4) is 0 Å². The van der Waals surface area contributed by atoms with Gasteiger partial charge < -0.3 is 4.74 Å². The lowest BCUT2D eigenvalue weighted by atomic mass is 10.1. The first-order chi connectivity index (χ1) is 11.3. The van der Waals surface area contributed by atoms with Crippen LogP contribution in [-0.2, 0) is 6.42 Å². The zero-order valence-electron chi connectivity index (χ0n) is 14.3. The molecule has 0 spiro atoms. The van der Waals surface area contributed by atoms with Crippen molar-refractivity contribution in [1.82, 2.24) is 4.98 Å². The topological polar surface area (TPSA) is 22.1 Å². The highest BCUT2D eigenvalue weighted by Gasteiger charge is 2.01. The Hall–Kier alpha value is -2.09. The molecule has 0 fully saturated rings. The first-order valence-corrected chi connectivity index (χ1v) is 8.62. The molecule has 0 saturated heterocycles. The Morgan fingerprint density at radius 3 is 2.39 bits per heavy atom. The van der Waals surface area contributed by atoms with Crippen LogP contribution in [0.4, 0.5) is 0 Å². The zero-order valence-corrected chi connectivity index (χ0v) is 14.3. The van der Waals surface area contributed by atoms with Crippen LogP contribution in [-0.4, -0.2) is 11.6 Å². The van der Waals surface area contributed by atoms with Crippen LogP contribution in [0.1, 0.15) is 45.2 Å². The minimum atomic E-state index is 0.615. The number of rotatable bonds is 9. The molecule has 2 heteroatoms. The zero-order chi connectivity index (χ0) is 16.3. The fourth-order valence-electron chi connectivity index (χ4n) is 2.46. The van der Waals surface area contributed by atoms with Gasteiger partial charge in [0.05, 0.1) is 0 Å². The summed E-state index contributed by atoms with van der Waals surface area (Å²) in [7, 11) is 0. The first kappa shape index (κ1) is 17.3. The molecule has 2 rings (SSSR count). The first-order valence-electron chi connectivity index (χ1n) is 8.62. The Labute approximate surface area is 140 Å². The average Bonchev–Trinajstić information content (AvgIpc) is 2.60. The van der Waals surface area contributed by atoms with E-state index in [-0.39, 0.29) is 0 Å². The Balaban J connectivity index is 1.91. The molecule has 0 amide bonds. The van der Waals surface area contributed by atoms with E-state index in [1.54, 1.807) is 0 Å². The number of ether oxygens (including phenoxy) is 1. The molecule has 1 heterocycles. The van der Waals surface area contributed by atoms with Gasteiger partial charge in [-0.05, 0) is 43.5 Å². The van der Waals surface area contributed by atoms with E-state index in [1.807, 2.05) is 37.4 Å². The quantitative estimate of drug-likeness (QED) is 0.429. The minimum absolute atomic E-state index is 0.615. The highest BCUT2D eigenvalue weighted by atomic mass is 16.5. The largest absolute Gasteiger partial charge is 0.490 e. The number of nitrogens with zero attached hydrogens (tertiary/aromatic N) is 1. The van der Waals surface area contributed by atoms with E-state index in [2.05, 4.69) is 36.2 Å². The molecule has 0 unspecified atom stereocenters. The van der Waals surface area contributed by atoms with E-state index in [1.165, 1.54) is 36.9 Å². The number of allylic oxidation sites excluding steroid dienone is 1. The fraction of sp³-hybridized carbons (Fsp3) is 0.381. The molecule has 0 aliphatic carbocycles. The summed E-state index contributed by atoms with van der Waals surface area (Å²) in [5.41, 5.74) is 3.52. The second kappa shape index (κ2) is 9.83. The number of hydrogen-bond acceptors (Lipinski definition) is 2. The second-order valence-corrected chi connectivity index (χ2v) is 5.75. The van der Waals surface area contributed by atoms with Gasteiger partial charge in [0.15, 0.2) is 0 Å². The molecule has 2 nitrogen and oxygen atoms in total. The molecule has 122 valence electrons. The second-order valence-electron chi connectivity index (χ2n) is 5.75. The van der Waals surface area contributed by atoms with Gasteiger partial charge in [0, 0.05) is 17.5 Å². The van der Waals surface area contributed by atoms with Gasteiger partial charge in [-0.1, -0.05) is 56.5 Å². The van der Waals surface area contributed by atoms with Crippen molar-refractivity contribution >= 4 is 0 Å². The van der Waals surface area contributed by atoms with Gasteiger partial charge >= 0.3 is 0 Å². The summed E-state index contributed by atoms with van der Waals surface area (Å²) in [4.78, 5) is 4.60. The summed E-state index contributed by atoms with van der Waals surface area (Å²) in [6, 6.07) is 12.5. The summed E-state index contributed by atoms with van der Waals surface area (Å²) in [6.07, 6.45) is 12.2. The Bertz CT molecular complexity index is 584. The van der Waals surface area contributed by atoms with Crippen molar-refractivity contribution in [1.29, 1.82) is 0 Å². The summed E-state index contributed by atoms with van der Waals surface area (Å²) in [5.74, 6) is 0.896. The summed E-state index contributed by atoms with van der Waals surface area (Å²) < 4.78 is 5.62. The van der Waals surface area contributed by atoms with Gasteiger partial charge in [-0.2, -0.15) is 0 Å². The van der Waals surface area contributed by atoms with Crippen molar-refractivity contribution in [2.75, 3.05) is 6.61 Å². The van der Waals surface area contributed by atoms with Gasteiger partial charge in [-0.3, -0.25) is 4.98 Å². The molecule has 1 aromatic heterocycles. The van der Waals surface area contributed by atoms with Crippen LogP contribution in [0.5, 0.6) is 5.75 Å². The molecular formula is C21H27NO. The average molecular weight is 309 g/mol. The van der Waals surface area contributed by atoms with Crippen LogP contribution in [0.25, 0.3) is 11.1 Å². The highest BCUT2D eigenvalue weighted by Crippen LogP contribution is 2.22. The third-order valence-electron chi connectivity index (χ3n) is 3.88. The maximum atomic E-state index is 5.62. The Morgan fingerprint density at radius 1 is 0.957 bits per heavy atom. The van der Waals surface area contributed by atoms with Crippen molar-refractivity contribution < 1.29 is 4.74 Å². The molecule has 0 aliphatic heterocycles. The maximum absolute atomic E-state index is 5.62. The van der Waals surface area contributed by atoms with Crippen LogP contribution in [0, 0.1) is 0 Å². The number of hydrogen-bond donors (Lipinski definition) is 0. The highest BCUT2D eigenvalue weighted by molar-refractivity contribution is 5.63. The van der Waals surface area contributed by atoms with Gasteiger partial charge in [0.25, 0.3) is 0 Å². The van der Waals surface area contributed by atoms with Crippen LogP contribution in [0.2, 0.25) is 0 Å². The number of aryl methyl sites for hydroxylation is 1. The van der Waals surface area contributed by atoms with Crippen LogP contribution < -0.4 is 4.74 Å². The van der Waals surface area contributed by atoms with E-state index in [9.17, 15) is 0 Å². The maximum Gasteiger partial charge on any atom is 0.119 e. The molecule has 0 aliphatic rings. The van der Waals surface area contributed by atoms with E-state index >= 15 is 0 Å². The SMILES string of the molecule is CC=CCOc1ccc(-c2ccc(CCCCCC)nc2)cc1. The van der Waals surface area contributed by atoms with Crippen molar-refractivity contribution in [3.05, 3.63) is 60.4 Å². The Kier molecular flexibility index (Phi) is 7.38. The minimum Gasteiger partial charge on any atom is -0.490 e. The molecule has 1 aromatic carbocycles. The van der Waals surface area contributed by atoms with E-state index in [4.69, 9.17) is 4.74 Å². The molecule has 0 radical (unpaired) electrons. The van der Waals surface area contributed by atoms with Gasteiger partial charge in [0.2, 0.25) is 0 Å². The van der Waals surface area contributed by atoms with Gasteiger partial charge in [-0.15, -0.1) is 0 Å². The fourth-order valence-corrected chi connectivity index (χ4v) is 2.46. The molecule has 23 heavy (non-hydrogen) atoms. The van der Waals surface area contributed by atoms with Crippen molar-refractivity contribution in [2.24, 2.45) is 0 Å².